The highest BCUT2D eigenvalue weighted by Crippen LogP contribution is 2.19. The van der Waals surface area contributed by atoms with E-state index in [1.807, 2.05) is 0 Å². The number of rotatable bonds is 5. The molecule has 0 bridgehead atoms. The molecule has 0 aliphatic carbocycles. The van der Waals surface area contributed by atoms with Gasteiger partial charge in [-0.25, -0.2) is 9.59 Å². The molecule has 0 heterocycles. The van der Waals surface area contributed by atoms with Gasteiger partial charge in [0.1, 0.15) is 5.75 Å². The highest BCUT2D eigenvalue weighted by Gasteiger charge is 2.11. The Bertz CT molecular complexity index is 430. The average molecular weight is 239 g/mol. The summed E-state index contributed by atoms with van der Waals surface area (Å²) in [5.74, 6) is -1.53. The maximum atomic E-state index is 11.5. The van der Waals surface area contributed by atoms with Gasteiger partial charge in [-0.2, -0.15) is 0 Å². The van der Waals surface area contributed by atoms with Crippen molar-refractivity contribution in [3.63, 3.8) is 0 Å². The Morgan fingerprint density at radius 1 is 1.35 bits per heavy atom. The maximum Gasteiger partial charge on any atom is 0.341 e. The quantitative estimate of drug-likeness (QED) is 0.585. The zero-order chi connectivity index (χ0) is 12.8. The van der Waals surface area contributed by atoms with E-state index in [0.717, 1.165) is 0 Å². The third-order valence-corrected chi connectivity index (χ3v) is 1.80. The summed E-state index contributed by atoms with van der Waals surface area (Å²) in [6.45, 7) is 1.55. The van der Waals surface area contributed by atoms with Crippen molar-refractivity contribution >= 4 is 17.6 Å². The minimum Gasteiger partial charge on any atom is -0.494 e. The maximum absolute atomic E-state index is 11.5. The van der Waals surface area contributed by atoms with Crippen LogP contribution in [-0.4, -0.2) is 30.3 Å². The Kier molecular flexibility index (Phi) is 4.33. The van der Waals surface area contributed by atoms with Crippen LogP contribution in [0.3, 0.4) is 0 Å². The van der Waals surface area contributed by atoms with Gasteiger partial charge in [0.05, 0.1) is 12.2 Å². The van der Waals surface area contributed by atoms with Crippen molar-refractivity contribution in [3.05, 3.63) is 23.8 Å². The van der Waals surface area contributed by atoms with E-state index >= 15 is 0 Å². The average Bonchev–Trinajstić information content (AvgIpc) is 2.25. The van der Waals surface area contributed by atoms with E-state index < -0.39 is 18.5 Å². The highest BCUT2D eigenvalue weighted by molar-refractivity contribution is 5.92. The second-order valence-corrected chi connectivity index (χ2v) is 3.19. The van der Waals surface area contributed by atoms with Crippen LogP contribution in [0.5, 0.6) is 5.75 Å². The van der Waals surface area contributed by atoms with E-state index in [1.54, 1.807) is 13.0 Å². The van der Waals surface area contributed by atoms with Crippen LogP contribution in [0.4, 0.5) is 5.69 Å². The number of nitrogen functional groups attached to an aromatic ring is 1. The second-order valence-electron chi connectivity index (χ2n) is 3.19. The Morgan fingerprint density at radius 2 is 2.06 bits per heavy atom. The van der Waals surface area contributed by atoms with Crippen molar-refractivity contribution in [3.8, 4) is 5.75 Å². The smallest absolute Gasteiger partial charge is 0.341 e. The Hall–Kier alpha value is -2.24. The van der Waals surface area contributed by atoms with E-state index in [2.05, 4.69) is 4.74 Å². The van der Waals surface area contributed by atoms with Crippen molar-refractivity contribution in [2.45, 2.75) is 6.92 Å². The number of nitrogens with two attached hydrogens (primary N) is 1. The summed E-state index contributed by atoms with van der Waals surface area (Å²) >= 11 is 0. The minimum absolute atomic E-state index is 0.162. The molecule has 6 heteroatoms. The highest BCUT2D eigenvalue weighted by atomic mass is 16.5. The number of anilines is 1. The van der Waals surface area contributed by atoms with Crippen molar-refractivity contribution in [1.82, 2.24) is 0 Å². The molecule has 0 saturated heterocycles. The molecule has 1 rings (SSSR count). The molecular weight excluding hydrogens is 226 g/mol. The minimum atomic E-state index is -1.22. The normalized spacial score (nSPS) is 9.71. The van der Waals surface area contributed by atoms with Crippen molar-refractivity contribution < 1.29 is 24.2 Å². The monoisotopic (exact) mass is 239 g/mol. The van der Waals surface area contributed by atoms with Crippen molar-refractivity contribution in [1.29, 1.82) is 0 Å². The molecule has 1 aromatic carbocycles. The van der Waals surface area contributed by atoms with Crippen LogP contribution in [0, 0.1) is 0 Å². The van der Waals surface area contributed by atoms with Gasteiger partial charge >= 0.3 is 11.9 Å². The van der Waals surface area contributed by atoms with Crippen molar-refractivity contribution in [2.75, 3.05) is 18.9 Å². The van der Waals surface area contributed by atoms with Crippen LogP contribution < -0.4 is 10.5 Å². The molecule has 0 aliphatic rings. The number of esters is 1. The summed E-state index contributed by atoms with van der Waals surface area (Å²) in [5, 5.41) is 8.38. The van der Waals surface area contributed by atoms with E-state index in [0.29, 0.717) is 18.0 Å². The third-order valence-electron chi connectivity index (χ3n) is 1.80. The zero-order valence-corrected chi connectivity index (χ0v) is 9.30. The fraction of sp³-hybridized carbons (Fsp3) is 0.273. The van der Waals surface area contributed by atoms with Gasteiger partial charge < -0.3 is 20.3 Å². The molecular formula is C11H13NO5. The van der Waals surface area contributed by atoms with Crippen LogP contribution in [0.25, 0.3) is 0 Å². The van der Waals surface area contributed by atoms with Gasteiger partial charge in [-0.15, -0.1) is 0 Å². The summed E-state index contributed by atoms with van der Waals surface area (Å²) < 4.78 is 9.73. The fourth-order valence-corrected chi connectivity index (χ4v) is 1.20. The van der Waals surface area contributed by atoms with Gasteiger partial charge in [0, 0.05) is 11.8 Å². The molecule has 6 nitrogen and oxygen atoms in total. The molecule has 0 saturated carbocycles. The van der Waals surface area contributed by atoms with Gasteiger partial charge in [0.25, 0.3) is 0 Å². The first kappa shape index (κ1) is 12.8. The van der Waals surface area contributed by atoms with Gasteiger partial charge in [0.2, 0.25) is 0 Å². The van der Waals surface area contributed by atoms with Crippen LogP contribution in [-0.2, 0) is 9.53 Å². The molecule has 0 aromatic heterocycles. The summed E-state index contributed by atoms with van der Waals surface area (Å²) in [5.41, 5.74) is 6.09. The van der Waals surface area contributed by atoms with Gasteiger partial charge in [0.15, 0.2) is 6.61 Å². The molecule has 0 aliphatic heterocycles. The molecule has 0 amide bonds. The summed E-state index contributed by atoms with van der Waals surface area (Å²) in [6, 6.07) is 4.41. The van der Waals surface area contributed by atoms with Crippen molar-refractivity contribution in [2.24, 2.45) is 0 Å². The Labute approximate surface area is 97.9 Å². The lowest BCUT2D eigenvalue weighted by atomic mass is 10.2. The molecule has 1 aromatic rings. The van der Waals surface area contributed by atoms with Crippen LogP contribution in [0.2, 0.25) is 0 Å². The van der Waals surface area contributed by atoms with E-state index in [1.165, 1.54) is 12.1 Å². The predicted octanol–water partition coefficient (Wildman–Crippen LogP) is 0.909. The number of aliphatic carboxylic acids is 1. The number of carbonyl (C=O) groups is 2. The molecule has 92 valence electrons. The predicted molar refractivity (Wildman–Crippen MR) is 59.9 cm³/mol. The number of hydrogen-bond donors (Lipinski definition) is 2. The molecule has 0 radical (unpaired) electrons. The number of hydrogen-bond acceptors (Lipinski definition) is 5. The first-order valence-corrected chi connectivity index (χ1v) is 4.95. The fourth-order valence-electron chi connectivity index (χ4n) is 1.20. The second kappa shape index (κ2) is 5.74. The Balaban J connectivity index is 2.81. The number of carboxylic acids is 1. The molecule has 0 unspecified atom stereocenters. The number of benzene rings is 1. The van der Waals surface area contributed by atoms with E-state index in [4.69, 9.17) is 15.6 Å². The van der Waals surface area contributed by atoms with Gasteiger partial charge in [-0.1, -0.05) is 0 Å². The summed E-state index contributed by atoms with van der Waals surface area (Å²) in [7, 11) is 0. The molecule has 0 spiro atoms. The standard InChI is InChI=1S/C11H13NO5/c1-2-16-9-4-7(3-8(12)5-9)11(15)17-6-10(13)14/h3-5H,2,6,12H2,1H3,(H,13,14). The van der Waals surface area contributed by atoms with Gasteiger partial charge in [-0.05, 0) is 19.1 Å². The Morgan fingerprint density at radius 3 is 2.65 bits per heavy atom. The summed E-state index contributed by atoms with van der Waals surface area (Å²) in [4.78, 5) is 21.7. The van der Waals surface area contributed by atoms with Crippen LogP contribution >= 0.6 is 0 Å². The van der Waals surface area contributed by atoms with E-state index in [-0.39, 0.29) is 5.56 Å². The molecule has 0 fully saturated rings. The van der Waals surface area contributed by atoms with E-state index in [9.17, 15) is 9.59 Å². The number of carboxylic acid groups (broad SMARTS) is 1. The van der Waals surface area contributed by atoms with Crippen LogP contribution in [0.1, 0.15) is 17.3 Å². The SMILES string of the molecule is CCOc1cc(N)cc(C(=O)OCC(=O)O)c1. The lowest BCUT2D eigenvalue weighted by molar-refractivity contribution is -0.140. The van der Waals surface area contributed by atoms with Crippen LogP contribution in [0.15, 0.2) is 18.2 Å². The first-order chi connectivity index (χ1) is 8.02. The first-order valence-electron chi connectivity index (χ1n) is 4.95. The summed E-state index contributed by atoms with van der Waals surface area (Å²) in [6.07, 6.45) is 0. The number of ether oxygens (including phenoxy) is 2. The zero-order valence-electron chi connectivity index (χ0n) is 9.30. The largest absolute Gasteiger partial charge is 0.494 e. The molecule has 0 atom stereocenters. The molecule has 3 N–H and O–H groups in total. The topological polar surface area (TPSA) is 98.9 Å². The lowest BCUT2D eigenvalue weighted by Gasteiger charge is -2.07. The third kappa shape index (κ3) is 4.02. The lowest BCUT2D eigenvalue weighted by Crippen LogP contribution is -2.13. The van der Waals surface area contributed by atoms with Gasteiger partial charge in [-0.3, -0.25) is 0 Å². The molecule has 17 heavy (non-hydrogen) atoms. The number of carbonyl (C=O) groups excluding carboxylic acids is 1.